The molecule has 3 aromatic carbocycles. The Bertz CT molecular complexity index is 1010. The highest BCUT2D eigenvalue weighted by Gasteiger charge is 2.46. The molecule has 0 bridgehead atoms. The molecule has 5 nitrogen and oxygen atoms in total. The van der Waals surface area contributed by atoms with Crippen molar-refractivity contribution in [2.45, 2.75) is 63.5 Å². The highest BCUT2D eigenvalue weighted by Crippen LogP contribution is 2.35. The van der Waals surface area contributed by atoms with Crippen molar-refractivity contribution in [3.63, 3.8) is 0 Å². The molecule has 6 heteroatoms. The van der Waals surface area contributed by atoms with Gasteiger partial charge in [-0.15, -0.1) is 11.8 Å². The largest absolute Gasteiger partial charge is 0.497 e. The maximum Gasteiger partial charge on any atom is 0.132 e. The molecule has 36 heavy (non-hydrogen) atoms. The minimum Gasteiger partial charge on any atom is -0.497 e. The van der Waals surface area contributed by atoms with Crippen molar-refractivity contribution in [1.82, 2.24) is 0 Å². The third-order valence-corrected chi connectivity index (χ3v) is 7.27. The molecule has 1 heterocycles. The Kier molecular flexibility index (Phi) is 10.3. The summed E-state index contributed by atoms with van der Waals surface area (Å²) in [5.74, 6) is 1.74. The zero-order chi connectivity index (χ0) is 25.2. The molecule has 0 amide bonds. The molecule has 192 valence electrons. The number of thioether (sulfide) groups is 1. The first kappa shape index (κ1) is 26.7. The molecule has 5 atom stereocenters. The first-order chi connectivity index (χ1) is 17.7. The lowest BCUT2D eigenvalue weighted by molar-refractivity contribution is -0.242. The lowest BCUT2D eigenvalue weighted by Gasteiger charge is -2.45. The van der Waals surface area contributed by atoms with Crippen molar-refractivity contribution in [2.24, 2.45) is 0 Å². The SMILES string of the molecule is CCS[C@@H]1O[C@H](C)[C@H](OCc2ccccc2)[C@H](OCc2ccccc2)[C@H]1OCc1ccc(OC)cc1. The van der Waals surface area contributed by atoms with E-state index in [-0.39, 0.29) is 29.9 Å². The highest BCUT2D eigenvalue weighted by molar-refractivity contribution is 7.99. The van der Waals surface area contributed by atoms with Gasteiger partial charge in [0.25, 0.3) is 0 Å². The van der Waals surface area contributed by atoms with Crippen LogP contribution in [0.4, 0.5) is 0 Å². The van der Waals surface area contributed by atoms with E-state index < -0.39 is 0 Å². The van der Waals surface area contributed by atoms with Gasteiger partial charge < -0.3 is 23.7 Å². The van der Waals surface area contributed by atoms with Gasteiger partial charge in [-0.25, -0.2) is 0 Å². The maximum absolute atomic E-state index is 6.59. The summed E-state index contributed by atoms with van der Waals surface area (Å²) >= 11 is 1.74. The Labute approximate surface area is 219 Å². The number of hydrogen-bond donors (Lipinski definition) is 0. The number of hydrogen-bond acceptors (Lipinski definition) is 6. The standard InChI is InChI=1S/C30H36O5S/c1-4-36-30-29(34-21-25-15-17-26(31-3)18-16-25)28(33-20-24-13-9-6-10-14-24)27(22(2)35-30)32-19-23-11-7-5-8-12-23/h5-18,22,27-30H,4,19-21H2,1-3H3/t22-,27+,28+,29-,30+/m1/s1. The predicted octanol–water partition coefficient (Wildman–Crippen LogP) is 6.25. The summed E-state index contributed by atoms with van der Waals surface area (Å²) in [6.07, 6.45) is -0.999. The Morgan fingerprint density at radius 1 is 0.667 bits per heavy atom. The van der Waals surface area contributed by atoms with Crippen LogP contribution in [0.25, 0.3) is 0 Å². The molecule has 0 spiro atoms. The van der Waals surface area contributed by atoms with Crippen molar-refractivity contribution >= 4 is 11.8 Å². The summed E-state index contributed by atoms with van der Waals surface area (Å²) in [4.78, 5) is 0. The van der Waals surface area contributed by atoms with E-state index in [1.54, 1.807) is 18.9 Å². The van der Waals surface area contributed by atoms with Gasteiger partial charge in [-0.05, 0) is 41.5 Å². The van der Waals surface area contributed by atoms with Gasteiger partial charge in [0, 0.05) is 0 Å². The number of ether oxygens (including phenoxy) is 5. The van der Waals surface area contributed by atoms with Crippen LogP contribution in [-0.2, 0) is 38.8 Å². The van der Waals surface area contributed by atoms with E-state index in [1.807, 2.05) is 60.7 Å². The molecule has 0 saturated carbocycles. The van der Waals surface area contributed by atoms with Gasteiger partial charge in [0.15, 0.2) is 0 Å². The van der Waals surface area contributed by atoms with Crippen LogP contribution < -0.4 is 4.74 Å². The molecule has 0 aliphatic carbocycles. The van der Waals surface area contributed by atoms with Crippen LogP contribution >= 0.6 is 11.8 Å². The average molecular weight is 509 g/mol. The Morgan fingerprint density at radius 2 is 1.17 bits per heavy atom. The van der Waals surface area contributed by atoms with Crippen molar-refractivity contribution < 1.29 is 23.7 Å². The maximum atomic E-state index is 6.59. The molecule has 4 rings (SSSR count). The normalized spacial score (nSPS) is 23.9. The quantitative estimate of drug-likeness (QED) is 0.288. The molecular formula is C30H36O5S. The van der Waals surface area contributed by atoms with Gasteiger partial charge in [0.1, 0.15) is 29.5 Å². The van der Waals surface area contributed by atoms with Crippen LogP contribution in [0.3, 0.4) is 0 Å². The van der Waals surface area contributed by atoms with Gasteiger partial charge in [0.2, 0.25) is 0 Å². The van der Waals surface area contributed by atoms with Crippen molar-refractivity contribution in [2.75, 3.05) is 12.9 Å². The molecule has 1 saturated heterocycles. The Hall–Kier alpha value is -2.35. The van der Waals surface area contributed by atoms with Crippen LogP contribution in [0, 0.1) is 0 Å². The zero-order valence-corrected chi connectivity index (χ0v) is 22.1. The fourth-order valence-corrected chi connectivity index (χ4v) is 5.32. The second-order valence-electron chi connectivity index (χ2n) is 8.81. The number of rotatable bonds is 12. The molecule has 0 aromatic heterocycles. The smallest absolute Gasteiger partial charge is 0.132 e. The van der Waals surface area contributed by atoms with Crippen LogP contribution in [0.5, 0.6) is 5.75 Å². The molecule has 0 N–H and O–H groups in total. The van der Waals surface area contributed by atoms with Crippen LogP contribution in [0.15, 0.2) is 84.9 Å². The molecular weight excluding hydrogens is 472 g/mol. The highest BCUT2D eigenvalue weighted by atomic mass is 32.2. The van der Waals surface area contributed by atoms with Crippen molar-refractivity contribution in [3.8, 4) is 5.75 Å². The van der Waals surface area contributed by atoms with E-state index in [2.05, 4.69) is 38.1 Å². The fourth-order valence-electron chi connectivity index (χ4n) is 4.31. The summed E-state index contributed by atoms with van der Waals surface area (Å²) in [5, 5.41) is 0. The monoisotopic (exact) mass is 508 g/mol. The van der Waals surface area contributed by atoms with E-state index >= 15 is 0 Å². The summed E-state index contributed by atoms with van der Waals surface area (Å²) in [7, 11) is 1.67. The van der Waals surface area contributed by atoms with E-state index in [0.717, 1.165) is 28.2 Å². The van der Waals surface area contributed by atoms with Crippen LogP contribution in [-0.4, -0.2) is 42.7 Å². The van der Waals surface area contributed by atoms with Gasteiger partial charge in [-0.2, -0.15) is 0 Å². The van der Waals surface area contributed by atoms with E-state index in [0.29, 0.717) is 19.8 Å². The zero-order valence-electron chi connectivity index (χ0n) is 21.2. The molecule has 0 radical (unpaired) electrons. The van der Waals surface area contributed by atoms with Gasteiger partial charge in [0.05, 0.1) is 33.0 Å². The van der Waals surface area contributed by atoms with E-state index in [1.165, 1.54) is 0 Å². The summed E-state index contributed by atoms with van der Waals surface area (Å²) in [5.41, 5.74) is 3.15. The first-order valence-electron chi connectivity index (χ1n) is 12.5. The lowest BCUT2D eigenvalue weighted by Crippen LogP contribution is -2.58. The Morgan fingerprint density at radius 3 is 1.69 bits per heavy atom. The van der Waals surface area contributed by atoms with Gasteiger partial charge >= 0.3 is 0 Å². The summed E-state index contributed by atoms with van der Waals surface area (Å²) < 4.78 is 31.4. The molecule has 1 aliphatic heterocycles. The molecule has 1 fully saturated rings. The molecule has 0 unspecified atom stereocenters. The summed E-state index contributed by atoms with van der Waals surface area (Å²) in [6.45, 7) is 5.62. The molecule has 1 aliphatic rings. The minimum absolute atomic E-state index is 0.139. The third kappa shape index (κ3) is 7.34. The van der Waals surface area contributed by atoms with Crippen molar-refractivity contribution in [3.05, 3.63) is 102 Å². The van der Waals surface area contributed by atoms with Crippen LogP contribution in [0.1, 0.15) is 30.5 Å². The Balaban J connectivity index is 1.54. The number of benzene rings is 3. The van der Waals surface area contributed by atoms with Gasteiger partial charge in [-0.1, -0.05) is 79.7 Å². The predicted molar refractivity (Wildman–Crippen MR) is 144 cm³/mol. The average Bonchev–Trinajstić information content (AvgIpc) is 2.92. The van der Waals surface area contributed by atoms with Crippen LogP contribution in [0.2, 0.25) is 0 Å². The first-order valence-corrected chi connectivity index (χ1v) is 13.6. The third-order valence-electron chi connectivity index (χ3n) is 6.23. The van der Waals surface area contributed by atoms with Crippen molar-refractivity contribution in [1.29, 1.82) is 0 Å². The second kappa shape index (κ2) is 13.8. The number of methoxy groups -OCH3 is 1. The summed E-state index contributed by atoms with van der Waals surface area (Å²) in [6, 6.07) is 28.4. The topological polar surface area (TPSA) is 46.2 Å². The minimum atomic E-state index is -0.294. The fraction of sp³-hybridized carbons (Fsp3) is 0.400. The van der Waals surface area contributed by atoms with E-state index in [4.69, 9.17) is 23.7 Å². The lowest BCUT2D eigenvalue weighted by atomic mass is 9.99. The second-order valence-corrected chi connectivity index (χ2v) is 10.2. The van der Waals surface area contributed by atoms with E-state index in [9.17, 15) is 0 Å². The molecule has 3 aromatic rings. The van der Waals surface area contributed by atoms with Gasteiger partial charge in [-0.3, -0.25) is 0 Å².